The molecule has 9 heteroatoms. The number of rotatable bonds is 3. The van der Waals surface area contributed by atoms with Gasteiger partial charge in [-0.1, -0.05) is 0 Å². The van der Waals surface area contributed by atoms with E-state index in [0.717, 1.165) is 19.6 Å². The standard InChI is InChI=1S/C14H21N5O3.ClH/c20-12-9-15-2-1-11(12)18-13(21)10-7-16-14(17-8-10)19-3-5-22-6-4-19;/h7-8,11-12,15,20H,1-6,9H2,(H,18,21);1H/t11-,12-;/m1./s1. The Morgan fingerprint density at radius 3 is 2.70 bits per heavy atom. The molecule has 8 nitrogen and oxygen atoms in total. The van der Waals surface area contributed by atoms with E-state index in [9.17, 15) is 9.90 Å². The van der Waals surface area contributed by atoms with E-state index in [1.807, 2.05) is 4.90 Å². The van der Waals surface area contributed by atoms with Crippen LogP contribution in [0.1, 0.15) is 16.8 Å². The van der Waals surface area contributed by atoms with Crippen molar-refractivity contribution in [3.05, 3.63) is 18.0 Å². The fourth-order valence-corrected chi connectivity index (χ4v) is 2.63. The monoisotopic (exact) mass is 343 g/mol. The fourth-order valence-electron chi connectivity index (χ4n) is 2.63. The van der Waals surface area contributed by atoms with E-state index in [1.165, 1.54) is 12.4 Å². The van der Waals surface area contributed by atoms with E-state index in [2.05, 4.69) is 20.6 Å². The molecule has 2 fully saturated rings. The van der Waals surface area contributed by atoms with Crippen LogP contribution in [0.25, 0.3) is 0 Å². The van der Waals surface area contributed by atoms with Crippen LogP contribution in [0.4, 0.5) is 5.95 Å². The molecular weight excluding hydrogens is 322 g/mol. The van der Waals surface area contributed by atoms with Crippen molar-refractivity contribution >= 4 is 24.3 Å². The molecule has 2 aliphatic rings. The highest BCUT2D eigenvalue weighted by Gasteiger charge is 2.25. The number of hydrogen-bond acceptors (Lipinski definition) is 7. The predicted octanol–water partition coefficient (Wildman–Crippen LogP) is -0.812. The van der Waals surface area contributed by atoms with Crippen molar-refractivity contribution in [1.82, 2.24) is 20.6 Å². The van der Waals surface area contributed by atoms with Crippen LogP contribution in [-0.2, 0) is 4.74 Å². The molecule has 3 N–H and O–H groups in total. The first-order valence-electron chi connectivity index (χ1n) is 7.58. The summed E-state index contributed by atoms with van der Waals surface area (Å²) in [6.45, 7) is 4.13. The first-order valence-corrected chi connectivity index (χ1v) is 7.58. The lowest BCUT2D eigenvalue weighted by molar-refractivity contribution is 0.0764. The van der Waals surface area contributed by atoms with E-state index >= 15 is 0 Å². The minimum Gasteiger partial charge on any atom is -0.390 e. The second-order valence-electron chi connectivity index (χ2n) is 5.51. The van der Waals surface area contributed by atoms with Gasteiger partial charge in [0.15, 0.2) is 0 Å². The van der Waals surface area contributed by atoms with Crippen LogP contribution in [0.15, 0.2) is 12.4 Å². The fraction of sp³-hybridized carbons (Fsp3) is 0.643. The van der Waals surface area contributed by atoms with E-state index in [4.69, 9.17) is 4.74 Å². The minimum absolute atomic E-state index is 0. The first-order chi connectivity index (χ1) is 10.7. The van der Waals surface area contributed by atoms with Gasteiger partial charge in [-0.3, -0.25) is 4.79 Å². The van der Waals surface area contributed by atoms with Crippen molar-refractivity contribution in [3.8, 4) is 0 Å². The Morgan fingerprint density at radius 2 is 2.04 bits per heavy atom. The Labute approximate surface area is 141 Å². The maximum absolute atomic E-state index is 12.2. The van der Waals surface area contributed by atoms with E-state index in [0.29, 0.717) is 37.7 Å². The maximum atomic E-state index is 12.2. The Morgan fingerprint density at radius 1 is 1.35 bits per heavy atom. The average Bonchev–Trinajstić information content (AvgIpc) is 2.58. The number of halogens is 1. The van der Waals surface area contributed by atoms with Crippen molar-refractivity contribution in [1.29, 1.82) is 0 Å². The number of aliphatic hydroxyl groups excluding tert-OH is 1. The molecule has 0 bridgehead atoms. The highest BCUT2D eigenvalue weighted by Crippen LogP contribution is 2.10. The van der Waals surface area contributed by atoms with Crippen molar-refractivity contribution < 1.29 is 14.6 Å². The van der Waals surface area contributed by atoms with Gasteiger partial charge >= 0.3 is 0 Å². The van der Waals surface area contributed by atoms with Gasteiger partial charge in [0.05, 0.1) is 30.9 Å². The topological polar surface area (TPSA) is 99.6 Å². The number of β-amino-alcohol motifs (C(OH)–C–C–N with tert-alkyl or cyclic N) is 1. The molecule has 1 aromatic rings. The van der Waals surface area contributed by atoms with Crippen molar-refractivity contribution in [2.24, 2.45) is 0 Å². The number of aliphatic hydroxyl groups is 1. The number of morpholine rings is 1. The molecule has 0 saturated carbocycles. The van der Waals surface area contributed by atoms with Crippen LogP contribution in [0.5, 0.6) is 0 Å². The van der Waals surface area contributed by atoms with Gasteiger partial charge in [-0.15, -0.1) is 12.4 Å². The van der Waals surface area contributed by atoms with Gasteiger partial charge in [0.2, 0.25) is 5.95 Å². The molecule has 1 amide bonds. The highest BCUT2D eigenvalue weighted by atomic mass is 35.5. The van der Waals surface area contributed by atoms with Gasteiger partial charge in [0, 0.05) is 32.0 Å². The summed E-state index contributed by atoms with van der Waals surface area (Å²) < 4.78 is 5.29. The molecule has 2 saturated heterocycles. The quantitative estimate of drug-likeness (QED) is 0.660. The van der Waals surface area contributed by atoms with Gasteiger partial charge in [-0.25, -0.2) is 9.97 Å². The Bertz CT molecular complexity index is 510. The van der Waals surface area contributed by atoms with Crippen LogP contribution in [0.3, 0.4) is 0 Å². The summed E-state index contributed by atoms with van der Waals surface area (Å²) >= 11 is 0. The zero-order valence-electron chi connectivity index (χ0n) is 12.8. The number of piperidine rings is 1. The van der Waals surface area contributed by atoms with Crippen LogP contribution >= 0.6 is 12.4 Å². The molecule has 2 aliphatic heterocycles. The normalized spacial score (nSPS) is 24.7. The van der Waals surface area contributed by atoms with Crippen molar-refractivity contribution in [3.63, 3.8) is 0 Å². The molecule has 0 unspecified atom stereocenters. The summed E-state index contributed by atoms with van der Waals surface area (Å²) in [6, 6.07) is -0.229. The number of nitrogens with one attached hydrogen (secondary N) is 2. The number of carbonyl (C=O) groups is 1. The van der Waals surface area contributed by atoms with Crippen LogP contribution < -0.4 is 15.5 Å². The number of amides is 1. The predicted molar refractivity (Wildman–Crippen MR) is 87.1 cm³/mol. The molecule has 0 aromatic carbocycles. The first kappa shape index (κ1) is 17.9. The van der Waals surface area contributed by atoms with Gasteiger partial charge in [-0.05, 0) is 13.0 Å². The Kier molecular flexibility index (Phi) is 6.52. The number of hydrogen-bond donors (Lipinski definition) is 3. The molecule has 2 atom stereocenters. The van der Waals surface area contributed by atoms with Crippen molar-refractivity contribution in [2.45, 2.75) is 18.6 Å². The third-order valence-electron chi connectivity index (χ3n) is 3.96. The summed E-state index contributed by atoms with van der Waals surface area (Å²) in [6.07, 6.45) is 3.20. The number of anilines is 1. The maximum Gasteiger partial charge on any atom is 0.254 e. The number of nitrogens with zero attached hydrogens (tertiary/aromatic N) is 3. The summed E-state index contributed by atoms with van der Waals surface area (Å²) in [5.74, 6) is 0.362. The second kappa shape index (κ2) is 8.39. The highest BCUT2D eigenvalue weighted by molar-refractivity contribution is 5.93. The lowest BCUT2D eigenvalue weighted by atomic mass is 10.0. The molecule has 1 aromatic heterocycles. The third-order valence-corrected chi connectivity index (χ3v) is 3.96. The molecule has 0 aliphatic carbocycles. The zero-order valence-corrected chi connectivity index (χ0v) is 13.6. The lowest BCUT2D eigenvalue weighted by Gasteiger charge is -2.29. The number of carbonyl (C=O) groups excluding carboxylic acids is 1. The Hall–Kier alpha value is -1.48. The number of ether oxygens (including phenoxy) is 1. The van der Waals surface area contributed by atoms with E-state index in [-0.39, 0.29) is 24.4 Å². The molecule has 23 heavy (non-hydrogen) atoms. The molecule has 3 heterocycles. The zero-order chi connectivity index (χ0) is 15.4. The van der Waals surface area contributed by atoms with Gasteiger partial charge in [0.1, 0.15) is 0 Å². The lowest BCUT2D eigenvalue weighted by Crippen LogP contribution is -2.52. The SMILES string of the molecule is Cl.O=C(N[C@@H]1CCNC[C@H]1O)c1cnc(N2CCOCC2)nc1. The number of aromatic nitrogens is 2. The van der Waals surface area contributed by atoms with E-state index in [1.54, 1.807) is 0 Å². The molecule has 0 radical (unpaired) electrons. The molecule has 128 valence electrons. The molecular formula is C14H22ClN5O3. The smallest absolute Gasteiger partial charge is 0.254 e. The van der Waals surface area contributed by atoms with Crippen LogP contribution in [0, 0.1) is 0 Å². The molecule has 3 rings (SSSR count). The average molecular weight is 344 g/mol. The Balaban J connectivity index is 0.00000192. The van der Waals surface area contributed by atoms with Gasteiger partial charge in [0.25, 0.3) is 5.91 Å². The third kappa shape index (κ3) is 4.51. The largest absolute Gasteiger partial charge is 0.390 e. The summed E-state index contributed by atoms with van der Waals surface area (Å²) in [7, 11) is 0. The molecule has 0 spiro atoms. The van der Waals surface area contributed by atoms with Crippen molar-refractivity contribution in [2.75, 3.05) is 44.3 Å². The van der Waals surface area contributed by atoms with E-state index < -0.39 is 6.10 Å². The van der Waals surface area contributed by atoms with Crippen LogP contribution in [-0.4, -0.2) is 72.5 Å². The summed E-state index contributed by atoms with van der Waals surface area (Å²) in [5, 5.41) is 15.8. The summed E-state index contributed by atoms with van der Waals surface area (Å²) in [5.41, 5.74) is 0.405. The van der Waals surface area contributed by atoms with Gasteiger partial charge in [-0.2, -0.15) is 0 Å². The summed E-state index contributed by atoms with van der Waals surface area (Å²) in [4.78, 5) is 22.7. The van der Waals surface area contributed by atoms with Crippen LogP contribution in [0.2, 0.25) is 0 Å². The van der Waals surface area contributed by atoms with Gasteiger partial charge < -0.3 is 25.4 Å². The minimum atomic E-state index is -0.564. The second-order valence-corrected chi connectivity index (χ2v) is 5.51.